The van der Waals surface area contributed by atoms with E-state index in [1.807, 2.05) is 24.5 Å². The third-order valence-corrected chi connectivity index (χ3v) is 5.79. The average molecular weight is 422 g/mol. The van der Waals surface area contributed by atoms with Crippen LogP contribution in [0.2, 0.25) is 5.02 Å². The number of nitrogens with one attached hydrogen (secondary N) is 1. The molecule has 0 bridgehead atoms. The summed E-state index contributed by atoms with van der Waals surface area (Å²) < 4.78 is 0. The van der Waals surface area contributed by atoms with Gasteiger partial charge in [0.1, 0.15) is 5.82 Å². The highest BCUT2D eigenvalue weighted by atomic mass is 35.5. The number of aromatic nitrogens is 2. The van der Waals surface area contributed by atoms with Crippen LogP contribution in [0.5, 0.6) is 0 Å². The lowest BCUT2D eigenvalue weighted by Crippen LogP contribution is -2.36. The van der Waals surface area contributed by atoms with E-state index in [4.69, 9.17) is 17.3 Å². The van der Waals surface area contributed by atoms with Crippen LogP contribution in [0.25, 0.3) is 0 Å². The first-order chi connectivity index (χ1) is 14.6. The van der Waals surface area contributed by atoms with Gasteiger partial charge in [-0.2, -0.15) is 0 Å². The Morgan fingerprint density at radius 2 is 1.77 bits per heavy atom. The Morgan fingerprint density at radius 3 is 2.47 bits per heavy atom. The predicted octanol–water partition coefficient (Wildman–Crippen LogP) is 4.27. The van der Waals surface area contributed by atoms with Gasteiger partial charge in [-0.3, -0.25) is 9.78 Å². The van der Waals surface area contributed by atoms with E-state index in [9.17, 15) is 4.79 Å². The van der Waals surface area contributed by atoms with E-state index >= 15 is 0 Å². The van der Waals surface area contributed by atoms with Gasteiger partial charge in [0.2, 0.25) is 0 Å². The van der Waals surface area contributed by atoms with Crippen LogP contribution in [0.3, 0.4) is 0 Å². The van der Waals surface area contributed by atoms with E-state index in [2.05, 4.69) is 20.2 Å². The van der Waals surface area contributed by atoms with Crippen molar-refractivity contribution in [2.45, 2.75) is 12.8 Å². The van der Waals surface area contributed by atoms with E-state index < -0.39 is 0 Å². The molecular weight excluding hydrogens is 398 g/mol. The van der Waals surface area contributed by atoms with E-state index in [1.165, 1.54) is 5.69 Å². The summed E-state index contributed by atoms with van der Waals surface area (Å²) in [5.74, 6) is 0.951. The zero-order valence-electron chi connectivity index (χ0n) is 16.6. The largest absolute Gasteiger partial charge is 0.395 e. The van der Waals surface area contributed by atoms with Crippen LogP contribution in [0.15, 0.2) is 61.1 Å². The van der Waals surface area contributed by atoms with Crippen molar-refractivity contribution in [2.75, 3.05) is 35.6 Å². The van der Waals surface area contributed by atoms with Crippen molar-refractivity contribution in [1.29, 1.82) is 0 Å². The highest BCUT2D eigenvalue weighted by Crippen LogP contribution is 2.26. The summed E-state index contributed by atoms with van der Waals surface area (Å²) in [6.07, 6.45) is 7.44. The number of rotatable bonds is 6. The lowest BCUT2D eigenvalue weighted by Gasteiger charge is -2.33. The van der Waals surface area contributed by atoms with Crippen molar-refractivity contribution in [3.8, 4) is 0 Å². The van der Waals surface area contributed by atoms with Gasteiger partial charge in [0.05, 0.1) is 11.3 Å². The molecule has 1 aliphatic rings. The topological polar surface area (TPSA) is 84.1 Å². The van der Waals surface area contributed by atoms with E-state index in [1.54, 1.807) is 36.5 Å². The molecule has 3 N–H and O–H groups in total. The third-order valence-electron chi connectivity index (χ3n) is 5.54. The molecule has 1 saturated heterocycles. The van der Waals surface area contributed by atoms with Gasteiger partial charge in [-0.1, -0.05) is 11.6 Å². The fourth-order valence-electron chi connectivity index (χ4n) is 3.76. The van der Waals surface area contributed by atoms with Gasteiger partial charge in [-0.05, 0) is 61.2 Å². The number of benzene rings is 1. The summed E-state index contributed by atoms with van der Waals surface area (Å²) in [7, 11) is 0. The smallest absolute Gasteiger partial charge is 0.195 e. The van der Waals surface area contributed by atoms with Crippen molar-refractivity contribution in [1.82, 2.24) is 9.97 Å². The summed E-state index contributed by atoms with van der Waals surface area (Å²) in [5, 5.41) is 3.94. The fraction of sp³-hybridized carbons (Fsp3) is 0.261. The number of pyridine rings is 2. The summed E-state index contributed by atoms with van der Waals surface area (Å²) in [6.45, 7) is 2.79. The van der Waals surface area contributed by atoms with Crippen molar-refractivity contribution >= 4 is 34.6 Å². The van der Waals surface area contributed by atoms with Crippen LogP contribution < -0.4 is 16.0 Å². The molecule has 0 atom stereocenters. The Hall–Kier alpha value is -3.12. The van der Waals surface area contributed by atoms with E-state index in [0.717, 1.165) is 32.5 Å². The maximum Gasteiger partial charge on any atom is 0.195 e. The number of carbonyl (C=O) groups is 1. The van der Waals surface area contributed by atoms with Crippen LogP contribution in [0.4, 0.5) is 17.2 Å². The number of piperidine rings is 1. The molecule has 4 rings (SSSR count). The molecule has 2 aromatic heterocycles. The molecule has 1 aromatic carbocycles. The second-order valence-electron chi connectivity index (χ2n) is 7.47. The number of hydrogen-bond acceptors (Lipinski definition) is 6. The minimum Gasteiger partial charge on any atom is -0.395 e. The van der Waals surface area contributed by atoms with Crippen LogP contribution in [-0.4, -0.2) is 35.4 Å². The standard InChI is InChI=1S/C23H24ClN5O/c24-18-3-1-17(2-4-18)22(30)20-7-12-27-23(21(20)25)28-15-16-8-13-29(14-9-16)19-5-10-26-11-6-19/h1-7,10-12,16H,8-9,13-15,25H2,(H,27,28). The fourth-order valence-corrected chi connectivity index (χ4v) is 3.89. The van der Waals surface area contributed by atoms with Gasteiger partial charge in [0.25, 0.3) is 0 Å². The zero-order valence-corrected chi connectivity index (χ0v) is 17.3. The molecule has 3 heterocycles. The minimum atomic E-state index is -0.139. The normalized spacial score (nSPS) is 14.5. The van der Waals surface area contributed by atoms with Crippen molar-refractivity contribution in [3.63, 3.8) is 0 Å². The molecule has 30 heavy (non-hydrogen) atoms. The average Bonchev–Trinajstić information content (AvgIpc) is 2.79. The Kier molecular flexibility index (Phi) is 6.14. The van der Waals surface area contributed by atoms with Gasteiger partial charge in [0.15, 0.2) is 5.78 Å². The highest BCUT2D eigenvalue weighted by molar-refractivity contribution is 6.30. The zero-order chi connectivity index (χ0) is 20.9. The molecule has 7 heteroatoms. The van der Waals surface area contributed by atoms with Gasteiger partial charge in [-0.15, -0.1) is 0 Å². The Morgan fingerprint density at radius 1 is 1.07 bits per heavy atom. The molecule has 0 aliphatic carbocycles. The van der Waals surface area contributed by atoms with Crippen molar-refractivity contribution in [3.05, 3.63) is 77.2 Å². The van der Waals surface area contributed by atoms with Gasteiger partial charge < -0.3 is 16.0 Å². The SMILES string of the molecule is Nc1c(C(=O)c2ccc(Cl)cc2)ccnc1NCC1CCN(c2ccncc2)CC1. The number of ketones is 1. The molecule has 0 saturated carbocycles. The molecule has 3 aromatic rings. The summed E-state index contributed by atoms with van der Waals surface area (Å²) in [6, 6.07) is 12.6. The van der Waals surface area contributed by atoms with Crippen molar-refractivity contribution in [2.24, 2.45) is 5.92 Å². The molecule has 0 spiro atoms. The van der Waals surface area contributed by atoms with Crippen molar-refractivity contribution < 1.29 is 4.79 Å². The maximum absolute atomic E-state index is 12.8. The van der Waals surface area contributed by atoms with Gasteiger partial charge in [-0.25, -0.2) is 4.98 Å². The monoisotopic (exact) mass is 421 g/mol. The number of nitrogens with zero attached hydrogens (tertiary/aromatic N) is 3. The van der Waals surface area contributed by atoms with Gasteiger partial charge in [0, 0.05) is 54.5 Å². The molecule has 6 nitrogen and oxygen atoms in total. The Labute approximate surface area is 181 Å². The first kappa shape index (κ1) is 20.2. The second kappa shape index (κ2) is 9.13. The van der Waals surface area contributed by atoms with Crippen LogP contribution >= 0.6 is 11.6 Å². The predicted molar refractivity (Wildman–Crippen MR) is 121 cm³/mol. The molecule has 0 unspecified atom stereocenters. The summed E-state index contributed by atoms with van der Waals surface area (Å²) in [4.78, 5) is 23.6. The van der Waals surface area contributed by atoms with Gasteiger partial charge >= 0.3 is 0 Å². The number of halogens is 1. The van der Waals surface area contributed by atoms with E-state index in [-0.39, 0.29) is 5.78 Å². The summed E-state index contributed by atoms with van der Waals surface area (Å²) >= 11 is 5.92. The maximum atomic E-state index is 12.8. The molecule has 1 fully saturated rings. The molecule has 1 aliphatic heterocycles. The first-order valence-corrected chi connectivity index (χ1v) is 10.4. The van der Waals surface area contributed by atoms with Crippen LogP contribution in [-0.2, 0) is 0 Å². The molecular formula is C23H24ClN5O. The third kappa shape index (κ3) is 4.54. The first-order valence-electron chi connectivity index (χ1n) is 10.1. The minimum absolute atomic E-state index is 0.139. The van der Waals surface area contributed by atoms with Crippen LogP contribution in [0.1, 0.15) is 28.8 Å². The molecule has 0 amide bonds. The second-order valence-corrected chi connectivity index (χ2v) is 7.91. The Bertz CT molecular complexity index is 1000. The molecule has 154 valence electrons. The summed E-state index contributed by atoms with van der Waals surface area (Å²) in [5.41, 5.74) is 8.87. The van der Waals surface area contributed by atoms with E-state index in [0.29, 0.717) is 33.6 Å². The number of nitrogen functional groups attached to an aromatic ring is 1. The Balaban J connectivity index is 1.37. The molecule has 0 radical (unpaired) electrons. The highest BCUT2D eigenvalue weighted by Gasteiger charge is 2.21. The number of hydrogen-bond donors (Lipinski definition) is 2. The van der Waals surface area contributed by atoms with Crippen LogP contribution in [0, 0.1) is 5.92 Å². The number of nitrogens with two attached hydrogens (primary N) is 1. The quantitative estimate of drug-likeness (QED) is 0.578. The number of carbonyl (C=O) groups excluding carboxylic acids is 1. The lowest BCUT2D eigenvalue weighted by atomic mass is 9.96. The lowest BCUT2D eigenvalue weighted by molar-refractivity contribution is 0.103. The number of anilines is 3.